The summed E-state index contributed by atoms with van der Waals surface area (Å²) < 4.78 is 0. The fourth-order valence-corrected chi connectivity index (χ4v) is 1.24. The second-order valence-electron chi connectivity index (χ2n) is 3.45. The average molecular weight is 153 g/mol. The van der Waals surface area contributed by atoms with Gasteiger partial charge in [0.1, 0.15) is 0 Å². The molecule has 1 fully saturated rings. The van der Waals surface area contributed by atoms with E-state index in [0.29, 0.717) is 11.8 Å². The van der Waals surface area contributed by atoms with Crippen molar-refractivity contribution in [1.82, 2.24) is 4.90 Å². The predicted molar refractivity (Wildman–Crippen MR) is 45.1 cm³/mol. The summed E-state index contributed by atoms with van der Waals surface area (Å²) in [6.07, 6.45) is 1.39. The second-order valence-corrected chi connectivity index (χ2v) is 3.45. The van der Waals surface area contributed by atoms with E-state index < -0.39 is 0 Å². The Morgan fingerprint density at radius 2 is 2.18 bits per heavy atom. The van der Waals surface area contributed by atoms with Crippen LogP contribution in [-0.2, 0) is 4.79 Å². The van der Waals surface area contributed by atoms with Crippen molar-refractivity contribution in [3.63, 3.8) is 0 Å². The Kier molecular flexibility index (Phi) is 2.32. The number of amides is 1. The SMILES string of the molecule is C=CC(=O)N1CC(C(C)C)C1. The summed E-state index contributed by atoms with van der Waals surface area (Å²) in [5, 5.41) is 0. The van der Waals surface area contributed by atoms with Gasteiger partial charge in [-0.25, -0.2) is 0 Å². The van der Waals surface area contributed by atoms with E-state index in [0.717, 1.165) is 13.1 Å². The normalized spacial score (nSPS) is 18.3. The Hall–Kier alpha value is -0.790. The van der Waals surface area contributed by atoms with Gasteiger partial charge in [0.2, 0.25) is 5.91 Å². The summed E-state index contributed by atoms with van der Waals surface area (Å²) in [5.74, 6) is 1.48. The molecule has 0 aromatic rings. The number of carbonyl (C=O) groups is 1. The van der Waals surface area contributed by atoms with Crippen LogP contribution in [0.25, 0.3) is 0 Å². The smallest absolute Gasteiger partial charge is 0.245 e. The molecule has 0 bridgehead atoms. The maximum Gasteiger partial charge on any atom is 0.245 e. The van der Waals surface area contributed by atoms with Gasteiger partial charge >= 0.3 is 0 Å². The number of nitrogens with zero attached hydrogens (tertiary/aromatic N) is 1. The van der Waals surface area contributed by atoms with Crippen LogP contribution in [0.2, 0.25) is 0 Å². The maximum absolute atomic E-state index is 11.0. The highest BCUT2D eigenvalue weighted by Gasteiger charge is 2.30. The van der Waals surface area contributed by atoms with E-state index in [9.17, 15) is 4.79 Å². The van der Waals surface area contributed by atoms with E-state index in [-0.39, 0.29) is 5.91 Å². The summed E-state index contributed by atoms with van der Waals surface area (Å²) >= 11 is 0. The molecule has 11 heavy (non-hydrogen) atoms. The molecule has 62 valence electrons. The van der Waals surface area contributed by atoms with Crippen LogP contribution in [0.1, 0.15) is 13.8 Å². The van der Waals surface area contributed by atoms with Crippen molar-refractivity contribution in [2.45, 2.75) is 13.8 Å². The van der Waals surface area contributed by atoms with Gasteiger partial charge in [0.05, 0.1) is 0 Å². The molecule has 2 nitrogen and oxygen atoms in total. The third-order valence-corrected chi connectivity index (χ3v) is 2.34. The van der Waals surface area contributed by atoms with Gasteiger partial charge in [-0.1, -0.05) is 20.4 Å². The van der Waals surface area contributed by atoms with Crippen molar-refractivity contribution in [3.8, 4) is 0 Å². The zero-order valence-electron chi connectivity index (χ0n) is 7.21. The molecule has 2 heteroatoms. The molecule has 0 atom stereocenters. The number of rotatable bonds is 2. The monoisotopic (exact) mass is 153 g/mol. The molecule has 0 spiro atoms. The molecule has 1 saturated heterocycles. The molecular formula is C9H15NO. The molecule has 0 saturated carbocycles. The zero-order valence-corrected chi connectivity index (χ0v) is 7.21. The first kappa shape index (κ1) is 8.31. The Labute approximate surface area is 67.9 Å². The van der Waals surface area contributed by atoms with Gasteiger partial charge < -0.3 is 4.90 Å². The number of hydrogen-bond donors (Lipinski definition) is 0. The molecule has 0 radical (unpaired) electrons. The molecule has 1 aliphatic heterocycles. The minimum Gasteiger partial charge on any atom is -0.338 e. The first-order valence-corrected chi connectivity index (χ1v) is 4.06. The molecule has 0 aromatic heterocycles. The molecule has 1 amide bonds. The van der Waals surface area contributed by atoms with Gasteiger partial charge in [0, 0.05) is 13.1 Å². The van der Waals surface area contributed by atoms with E-state index in [1.165, 1.54) is 6.08 Å². The van der Waals surface area contributed by atoms with Gasteiger partial charge in [-0.3, -0.25) is 4.79 Å². The van der Waals surface area contributed by atoms with Gasteiger partial charge in [-0.05, 0) is 17.9 Å². The minimum absolute atomic E-state index is 0.0712. The summed E-state index contributed by atoms with van der Waals surface area (Å²) in [6, 6.07) is 0. The molecule has 0 aromatic carbocycles. The fourth-order valence-electron chi connectivity index (χ4n) is 1.24. The summed E-state index contributed by atoms with van der Waals surface area (Å²) in [5.41, 5.74) is 0. The van der Waals surface area contributed by atoms with Crippen molar-refractivity contribution in [2.75, 3.05) is 13.1 Å². The molecule has 0 unspecified atom stereocenters. The first-order chi connectivity index (χ1) is 5.15. The van der Waals surface area contributed by atoms with Crippen molar-refractivity contribution >= 4 is 5.91 Å². The van der Waals surface area contributed by atoms with Crippen molar-refractivity contribution in [1.29, 1.82) is 0 Å². The van der Waals surface area contributed by atoms with E-state index in [1.807, 2.05) is 4.90 Å². The Morgan fingerprint density at radius 1 is 1.64 bits per heavy atom. The van der Waals surface area contributed by atoms with Crippen molar-refractivity contribution in [3.05, 3.63) is 12.7 Å². The van der Waals surface area contributed by atoms with Gasteiger partial charge in [0.15, 0.2) is 0 Å². The van der Waals surface area contributed by atoms with E-state index in [2.05, 4.69) is 20.4 Å². The number of likely N-dealkylation sites (tertiary alicyclic amines) is 1. The fraction of sp³-hybridized carbons (Fsp3) is 0.667. The van der Waals surface area contributed by atoms with Crippen LogP contribution in [0.5, 0.6) is 0 Å². The lowest BCUT2D eigenvalue weighted by Crippen LogP contribution is -2.51. The van der Waals surface area contributed by atoms with Gasteiger partial charge in [-0.2, -0.15) is 0 Å². The molecule has 1 heterocycles. The molecule has 0 aliphatic carbocycles. The van der Waals surface area contributed by atoms with Crippen LogP contribution < -0.4 is 0 Å². The van der Waals surface area contributed by atoms with E-state index in [1.54, 1.807) is 0 Å². The Morgan fingerprint density at radius 3 is 2.55 bits per heavy atom. The zero-order chi connectivity index (χ0) is 8.43. The summed E-state index contributed by atoms with van der Waals surface area (Å²) in [7, 11) is 0. The van der Waals surface area contributed by atoms with Gasteiger partial charge in [-0.15, -0.1) is 0 Å². The quantitative estimate of drug-likeness (QED) is 0.547. The molecule has 1 aliphatic rings. The molecular weight excluding hydrogens is 138 g/mol. The van der Waals surface area contributed by atoms with Crippen LogP contribution in [0, 0.1) is 11.8 Å². The Bertz CT molecular complexity index is 168. The standard InChI is InChI=1S/C9H15NO/c1-4-9(11)10-5-8(6-10)7(2)3/h4,7-8H,1,5-6H2,2-3H3. The predicted octanol–water partition coefficient (Wildman–Crippen LogP) is 1.29. The highest BCUT2D eigenvalue weighted by molar-refractivity contribution is 5.87. The molecule has 0 N–H and O–H groups in total. The van der Waals surface area contributed by atoms with E-state index in [4.69, 9.17) is 0 Å². The first-order valence-electron chi connectivity index (χ1n) is 4.06. The lowest BCUT2D eigenvalue weighted by Gasteiger charge is -2.41. The van der Waals surface area contributed by atoms with Crippen LogP contribution in [-0.4, -0.2) is 23.9 Å². The van der Waals surface area contributed by atoms with Crippen molar-refractivity contribution in [2.24, 2.45) is 11.8 Å². The third-order valence-electron chi connectivity index (χ3n) is 2.34. The third kappa shape index (κ3) is 1.62. The highest BCUT2D eigenvalue weighted by Crippen LogP contribution is 2.22. The van der Waals surface area contributed by atoms with Crippen LogP contribution in [0.4, 0.5) is 0 Å². The van der Waals surface area contributed by atoms with Crippen LogP contribution in [0.15, 0.2) is 12.7 Å². The van der Waals surface area contributed by atoms with Gasteiger partial charge in [0.25, 0.3) is 0 Å². The van der Waals surface area contributed by atoms with Crippen LogP contribution >= 0.6 is 0 Å². The van der Waals surface area contributed by atoms with Crippen molar-refractivity contribution < 1.29 is 4.79 Å². The number of hydrogen-bond acceptors (Lipinski definition) is 1. The van der Waals surface area contributed by atoms with Crippen LogP contribution in [0.3, 0.4) is 0 Å². The maximum atomic E-state index is 11.0. The lowest BCUT2D eigenvalue weighted by atomic mass is 9.88. The topological polar surface area (TPSA) is 20.3 Å². The average Bonchev–Trinajstić information content (AvgIpc) is 1.83. The minimum atomic E-state index is 0.0712. The lowest BCUT2D eigenvalue weighted by molar-refractivity contribution is -0.133. The largest absolute Gasteiger partial charge is 0.338 e. The number of carbonyl (C=O) groups excluding carboxylic acids is 1. The second kappa shape index (κ2) is 3.07. The summed E-state index contributed by atoms with van der Waals surface area (Å²) in [4.78, 5) is 12.8. The molecule has 1 rings (SSSR count). The summed E-state index contributed by atoms with van der Waals surface area (Å²) in [6.45, 7) is 9.67. The Balaban J connectivity index is 2.29. The van der Waals surface area contributed by atoms with E-state index >= 15 is 0 Å². The highest BCUT2D eigenvalue weighted by atomic mass is 16.2.